The van der Waals surface area contributed by atoms with Crippen LogP contribution < -0.4 is 0 Å². The lowest BCUT2D eigenvalue weighted by molar-refractivity contribution is 0.500. The van der Waals surface area contributed by atoms with Gasteiger partial charge in [-0.2, -0.15) is 0 Å². The van der Waals surface area contributed by atoms with Gasteiger partial charge in [-0.05, 0) is 23.6 Å². The predicted octanol–water partition coefficient (Wildman–Crippen LogP) is 4.07. The maximum absolute atomic E-state index is 6.02. The highest BCUT2D eigenvalue weighted by atomic mass is 79.9. The summed E-state index contributed by atoms with van der Waals surface area (Å²) in [7, 11) is 0. The maximum Gasteiger partial charge on any atom is 0.143 e. The van der Waals surface area contributed by atoms with E-state index in [0.717, 1.165) is 40.5 Å². The largest absolute Gasteiger partial charge is 0.314 e. The molecule has 0 saturated heterocycles. The summed E-state index contributed by atoms with van der Waals surface area (Å²) >= 11 is 9.48. The first kappa shape index (κ1) is 14.5. The quantitative estimate of drug-likeness (QED) is 0.767. The molecule has 0 aliphatic rings. The predicted molar refractivity (Wildman–Crippen MR) is 81.7 cm³/mol. The highest BCUT2D eigenvalue weighted by molar-refractivity contribution is 9.08. The van der Waals surface area contributed by atoms with E-state index in [9.17, 15) is 0 Å². The van der Waals surface area contributed by atoms with Crippen LogP contribution in [-0.4, -0.2) is 14.8 Å². The average Bonchev–Trinajstić information content (AvgIpc) is 2.71. The lowest BCUT2D eigenvalue weighted by Gasteiger charge is -2.12. The van der Waals surface area contributed by atoms with Crippen LogP contribution in [-0.2, 0) is 18.3 Å². The van der Waals surface area contributed by atoms with Crippen LogP contribution in [0, 0.1) is 5.92 Å². The first-order valence-electron chi connectivity index (χ1n) is 6.31. The number of alkyl halides is 1. The number of rotatable bonds is 5. The van der Waals surface area contributed by atoms with E-state index in [-0.39, 0.29) is 0 Å². The van der Waals surface area contributed by atoms with Crippen molar-refractivity contribution in [3.63, 3.8) is 0 Å². The Morgan fingerprint density at radius 2 is 2.00 bits per heavy atom. The van der Waals surface area contributed by atoms with Gasteiger partial charge in [0.1, 0.15) is 11.6 Å². The van der Waals surface area contributed by atoms with Gasteiger partial charge < -0.3 is 4.57 Å². The van der Waals surface area contributed by atoms with E-state index in [2.05, 4.69) is 50.6 Å². The smallest absolute Gasteiger partial charge is 0.143 e. The lowest BCUT2D eigenvalue weighted by Crippen LogP contribution is -2.11. The van der Waals surface area contributed by atoms with Crippen LogP contribution in [0.25, 0.3) is 0 Å². The van der Waals surface area contributed by atoms with Crippen molar-refractivity contribution >= 4 is 27.5 Å². The van der Waals surface area contributed by atoms with Crippen LogP contribution in [0.1, 0.15) is 31.1 Å². The molecule has 0 atom stereocenters. The SMILES string of the molecule is CC(C)Cn1c(CBr)nnc1Cc1cccc(Cl)c1. The van der Waals surface area contributed by atoms with E-state index >= 15 is 0 Å². The monoisotopic (exact) mass is 341 g/mol. The number of halogens is 2. The molecule has 0 unspecified atom stereocenters. The van der Waals surface area contributed by atoms with Gasteiger partial charge in [-0.25, -0.2) is 0 Å². The van der Waals surface area contributed by atoms with Crippen molar-refractivity contribution in [3.8, 4) is 0 Å². The summed E-state index contributed by atoms with van der Waals surface area (Å²) in [6.45, 7) is 5.33. The molecular formula is C14H17BrClN3. The number of benzene rings is 1. The summed E-state index contributed by atoms with van der Waals surface area (Å²) in [5.74, 6) is 2.53. The molecule has 5 heteroatoms. The standard InChI is InChI=1S/C14H17BrClN3/c1-10(2)9-19-13(17-18-14(19)8-15)7-11-4-3-5-12(16)6-11/h3-6,10H,7-9H2,1-2H3. The van der Waals surface area contributed by atoms with E-state index < -0.39 is 0 Å². The maximum atomic E-state index is 6.02. The fraction of sp³-hybridized carbons (Fsp3) is 0.429. The van der Waals surface area contributed by atoms with Crippen LogP contribution in [0.4, 0.5) is 0 Å². The van der Waals surface area contributed by atoms with Crippen molar-refractivity contribution in [3.05, 3.63) is 46.5 Å². The van der Waals surface area contributed by atoms with Crippen LogP contribution in [0.15, 0.2) is 24.3 Å². The normalized spacial score (nSPS) is 11.2. The Labute approximate surface area is 127 Å². The van der Waals surface area contributed by atoms with Gasteiger partial charge in [0.25, 0.3) is 0 Å². The van der Waals surface area contributed by atoms with Crippen molar-refractivity contribution in [2.24, 2.45) is 5.92 Å². The van der Waals surface area contributed by atoms with E-state index in [0.29, 0.717) is 5.92 Å². The Balaban J connectivity index is 2.27. The summed E-state index contributed by atoms with van der Waals surface area (Å²) < 4.78 is 2.19. The number of aromatic nitrogens is 3. The van der Waals surface area contributed by atoms with Gasteiger partial charge in [0.05, 0.1) is 5.33 Å². The fourth-order valence-corrected chi connectivity index (χ4v) is 2.64. The molecular weight excluding hydrogens is 326 g/mol. The van der Waals surface area contributed by atoms with Gasteiger partial charge >= 0.3 is 0 Å². The Hall–Kier alpha value is -0.870. The number of nitrogens with zero attached hydrogens (tertiary/aromatic N) is 3. The van der Waals surface area contributed by atoms with E-state index in [1.54, 1.807) is 0 Å². The Morgan fingerprint density at radius 1 is 1.26 bits per heavy atom. The first-order chi connectivity index (χ1) is 9.10. The van der Waals surface area contributed by atoms with Crippen LogP contribution >= 0.6 is 27.5 Å². The van der Waals surface area contributed by atoms with Gasteiger partial charge in [0.2, 0.25) is 0 Å². The molecule has 0 aliphatic carbocycles. The molecule has 102 valence electrons. The van der Waals surface area contributed by atoms with Gasteiger partial charge in [-0.15, -0.1) is 10.2 Å². The summed E-state index contributed by atoms with van der Waals surface area (Å²) in [6, 6.07) is 7.89. The molecule has 0 amide bonds. The van der Waals surface area contributed by atoms with Crippen LogP contribution in [0.2, 0.25) is 5.02 Å². The molecule has 1 aromatic carbocycles. The van der Waals surface area contributed by atoms with Crippen molar-refractivity contribution in [1.29, 1.82) is 0 Å². The summed E-state index contributed by atoms with van der Waals surface area (Å²) in [6.07, 6.45) is 0.757. The van der Waals surface area contributed by atoms with Crippen LogP contribution in [0.5, 0.6) is 0 Å². The molecule has 0 aliphatic heterocycles. The molecule has 19 heavy (non-hydrogen) atoms. The minimum atomic E-state index is 0.562. The second-order valence-electron chi connectivity index (χ2n) is 4.98. The average molecular weight is 343 g/mol. The fourth-order valence-electron chi connectivity index (χ4n) is 2.01. The first-order valence-corrected chi connectivity index (χ1v) is 7.81. The minimum Gasteiger partial charge on any atom is -0.314 e. The molecule has 0 spiro atoms. The van der Waals surface area contributed by atoms with Crippen molar-refractivity contribution in [2.45, 2.75) is 32.1 Å². The van der Waals surface area contributed by atoms with E-state index in [1.807, 2.05) is 18.2 Å². The summed E-state index contributed by atoms with van der Waals surface area (Å²) in [5, 5.41) is 10.0. The van der Waals surface area contributed by atoms with Crippen molar-refractivity contribution in [1.82, 2.24) is 14.8 Å². The molecule has 0 radical (unpaired) electrons. The van der Waals surface area contributed by atoms with E-state index in [4.69, 9.17) is 11.6 Å². The van der Waals surface area contributed by atoms with Gasteiger partial charge in [-0.1, -0.05) is 53.5 Å². The zero-order chi connectivity index (χ0) is 13.8. The van der Waals surface area contributed by atoms with Crippen LogP contribution in [0.3, 0.4) is 0 Å². The third-order valence-electron chi connectivity index (χ3n) is 2.82. The second kappa shape index (κ2) is 6.53. The van der Waals surface area contributed by atoms with Gasteiger partial charge in [-0.3, -0.25) is 0 Å². The Morgan fingerprint density at radius 3 is 2.63 bits per heavy atom. The third kappa shape index (κ3) is 3.80. The summed E-state index contributed by atoms with van der Waals surface area (Å²) in [5.41, 5.74) is 1.16. The topological polar surface area (TPSA) is 30.7 Å². The zero-order valence-electron chi connectivity index (χ0n) is 11.1. The molecule has 0 N–H and O–H groups in total. The molecule has 1 aromatic heterocycles. The molecule has 0 fully saturated rings. The Bertz CT molecular complexity index is 551. The molecule has 2 rings (SSSR count). The Kier molecular flexibility index (Phi) is 4.99. The zero-order valence-corrected chi connectivity index (χ0v) is 13.4. The summed E-state index contributed by atoms with van der Waals surface area (Å²) in [4.78, 5) is 0. The minimum absolute atomic E-state index is 0.562. The molecule has 0 saturated carbocycles. The number of hydrogen-bond acceptors (Lipinski definition) is 2. The number of hydrogen-bond donors (Lipinski definition) is 0. The molecule has 1 heterocycles. The van der Waals surface area contributed by atoms with Gasteiger partial charge in [0.15, 0.2) is 0 Å². The molecule has 3 nitrogen and oxygen atoms in total. The lowest BCUT2D eigenvalue weighted by atomic mass is 10.1. The highest BCUT2D eigenvalue weighted by Gasteiger charge is 2.12. The van der Waals surface area contributed by atoms with Crippen molar-refractivity contribution in [2.75, 3.05) is 0 Å². The van der Waals surface area contributed by atoms with E-state index in [1.165, 1.54) is 0 Å². The molecule has 2 aromatic rings. The highest BCUT2D eigenvalue weighted by Crippen LogP contribution is 2.16. The van der Waals surface area contributed by atoms with Crippen molar-refractivity contribution < 1.29 is 0 Å². The molecule has 0 bridgehead atoms. The second-order valence-corrected chi connectivity index (χ2v) is 5.97. The third-order valence-corrected chi connectivity index (χ3v) is 3.56. The van der Waals surface area contributed by atoms with Gasteiger partial charge in [0, 0.05) is 18.0 Å².